The average molecular weight is 441 g/mol. The van der Waals surface area contributed by atoms with Gasteiger partial charge in [0.2, 0.25) is 5.13 Å². The summed E-state index contributed by atoms with van der Waals surface area (Å²) in [4.78, 5) is 16.8. The van der Waals surface area contributed by atoms with Crippen molar-refractivity contribution in [1.29, 1.82) is 0 Å². The van der Waals surface area contributed by atoms with E-state index in [1.165, 1.54) is 0 Å². The Kier molecular flexibility index (Phi) is 5.47. The number of aryl methyl sites for hydroxylation is 1. The summed E-state index contributed by atoms with van der Waals surface area (Å²) in [6.07, 6.45) is 0. The summed E-state index contributed by atoms with van der Waals surface area (Å²) >= 11 is 7.30. The molecule has 1 amide bonds. The van der Waals surface area contributed by atoms with Crippen molar-refractivity contribution in [3.63, 3.8) is 0 Å². The predicted molar refractivity (Wildman–Crippen MR) is 116 cm³/mol. The van der Waals surface area contributed by atoms with Gasteiger partial charge in [-0.2, -0.15) is 9.36 Å². The van der Waals surface area contributed by atoms with E-state index in [1.807, 2.05) is 32.0 Å². The molecule has 0 radical (unpaired) electrons. The number of amides is 1. The lowest BCUT2D eigenvalue weighted by molar-refractivity contribution is 0.102. The number of aromatic nitrogens is 5. The van der Waals surface area contributed by atoms with E-state index >= 15 is 0 Å². The van der Waals surface area contributed by atoms with E-state index in [2.05, 4.69) is 25.0 Å². The number of ether oxygens (including phenoxy) is 1. The van der Waals surface area contributed by atoms with Gasteiger partial charge in [-0.1, -0.05) is 34.5 Å². The molecule has 1 N–H and O–H groups in total. The highest BCUT2D eigenvalue weighted by Crippen LogP contribution is 2.29. The fourth-order valence-corrected chi connectivity index (χ4v) is 3.63. The standard InChI is InChI=1S/C20H17ClN6O2S/c1-11-4-6-13(7-5-11)19(28)23-20-22-18(25-30-20)17-12(2)27(26-24-17)14-8-9-16(29-3)15(21)10-14/h4-10H,1-3H3,(H,22,23,25,28). The minimum Gasteiger partial charge on any atom is -0.495 e. The van der Waals surface area contributed by atoms with E-state index in [-0.39, 0.29) is 5.91 Å². The maximum atomic E-state index is 12.4. The number of carbonyl (C=O) groups is 1. The number of methoxy groups -OCH3 is 1. The summed E-state index contributed by atoms with van der Waals surface area (Å²) in [6, 6.07) is 12.6. The molecule has 0 fully saturated rings. The molecule has 0 bridgehead atoms. The highest BCUT2D eigenvalue weighted by molar-refractivity contribution is 7.10. The molecule has 0 saturated heterocycles. The average Bonchev–Trinajstić information content (AvgIpc) is 3.34. The number of halogens is 1. The van der Waals surface area contributed by atoms with Crippen LogP contribution in [0, 0.1) is 13.8 Å². The molecular weight excluding hydrogens is 424 g/mol. The highest BCUT2D eigenvalue weighted by Gasteiger charge is 2.18. The van der Waals surface area contributed by atoms with E-state index in [9.17, 15) is 4.79 Å². The van der Waals surface area contributed by atoms with Crippen molar-refractivity contribution in [1.82, 2.24) is 24.4 Å². The van der Waals surface area contributed by atoms with E-state index in [0.29, 0.717) is 33.0 Å². The highest BCUT2D eigenvalue weighted by atomic mass is 35.5. The topological polar surface area (TPSA) is 94.8 Å². The lowest BCUT2D eigenvalue weighted by atomic mass is 10.1. The fraction of sp³-hybridized carbons (Fsp3) is 0.150. The number of rotatable bonds is 5. The molecule has 0 unspecified atom stereocenters. The van der Waals surface area contributed by atoms with Crippen LogP contribution in [-0.2, 0) is 0 Å². The Bertz CT molecular complexity index is 1220. The number of nitrogens with zero attached hydrogens (tertiary/aromatic N) is 5. The molecule has 0 aliphatic carbocycles. The van der Waals surface area contributed by atoms with Gasteiger partial charge in [0, 0.05) is 17.1 Å². The van der Waals surface area contributed by atoms with Gasteiger partial charge in [-0.05, 0) is 44.2 Å². The van der Waals surface area contributed by atoms with Crippen molar-refractivity contribution in [3.8, 4) is 23.0 Å². The second kappa shape index (κ2) is 8.21. The molecule has 8 nitrogen and oxygen atoms in total. The Morgan fingerprint density at radius 2 is 1.93 bits per heavy atom. The first-order chi connectivity index (χ1) is 14.5. The van der Waals surface area contributed by atoms with Crippen LogP contribution in [0.2, 0.25) is 5.02 Å². The van der Waals surface area contributed by atoms with Crippen LogP contribution in [0.1, 0.15) is 21.6 Å². The molecule has 0 spiro atoms. The Balaban J connectivity index is 1.56. The van der Waals surface area contributed by atoms with Gasteiger partial charge < -0.3 is 4.74 Å². The monoisotopic (exact) mass is 440 g/mol. The first kappa shape index (κ1) is 20.0. The summed E-state index contributed by atoms with van der Waals surface area (Å²) in [5.74, 6) is 0.724. The summed E-state index contributed by atoms with van der Waals surface area (Å²) in [7, 11) is 1.56. The van der Waals surface area contributed by atoms with Crippen molar-refractivity contribution in [3.05, 3.63) is 64.3 Å². The molecule has 152 valence electrons. The van der Waals surface area contributed by atoms with Crippen molar-refractivity contribution in [2.75, 3.05) is 12.4 Å². The van der Waals surface area contributed by atoms with Gasteiger partial charge in [0.05, 0.1) is 23.5 Å². The van der Waals surface area contributed by atoms with Crippen LogP contribution in [0.25, 0.3) is 17.2 Å². The first-order valence-corrected chi connectivity index (χ1v) is 10.1. The van der Waals surface area contributed by atoms with Gasteiger partial charge in [0.25, 0.3) is 5.91 Å². The van der Waals surface area contributed by atoms with Crippen molar-refractivity contribution in [2.45, 2.75) is 13.8 Å². The molecule has 10 heteroatoms. The van der Waals surface area contributed by atoms with Crippen LogP contribution >= 0.6 is 23.1 Å². The smallest absolute Gasteiger partial charge is 0.257 e. The van der Waals surface area contributed by atoms with Crippen LogP contribution in [0.4, 0.5) is 5.13 Å². The predicted octanol–water partition coefficient (Wildman–Crippen LogP) is 4.32. The van der Waals surface area contributed by atoms with Gasteiger partial charge in [-0.3, -0.25) is 10.1 Å². The van der Waals surface area contributed by atoms with Gasteiger partial charge in [-0.25, -0.2) is 4.68 Å². The zero-order chi connectivity index (χ0) is 21.3. The lowest BCUT2D eigenvalue weighted by Crippen LogP contribution is -2.11. The number of benzene rings is 2. The van der Waals surface area contributed by atoms with Gasteiger partial charge >= 0.3 is 0 Å². The van der Waals surface area contributed by atoms with Crippen molar-refractivity contribution in [2.24, 2.45) is 0 Å². The zero-order valence-electron chi connectivity index (χ0n) is 16.4. The Hall–Kier alpha value is -3.30. The normalized spacial score (nSPS) is 10.8. The Morgan fingerprint density at radius 1 is 1.17 bits per heavy atom. The number of carbonyl (C=O) groups excluding carboxylic acids is 1. The van der Waals surface area contributed by atoms with Crippen LogP contribution in [-0.4, -0.2) is 37.4 Å². The zero-order valence-corrected chi connectivity index (χ0v) is 18.0. The maximum Gasteiger partial charge on any atom is 0.257 e. The fourth-order valence-electron chi connectivity index (χ4n) is 2.81. The Morgan fingerprint density at radius 3 is 2.63 bits per heavy atom. The molecule has 2 heterocycles. The second-order valence-electron chi connectivity index (χ2n) is 6.50. The van der Waals surface area contributed by atoms with Crippen LogP contribution in [0.3, 0.4) is 0 Å². The van der Waals surface area contributed by atoms with Crippen molar-refractivity contribution < 1.29 is 9.53 Å². The summed E-state index contributed by atoms with van der Waals surface area (Å²) < 4.78 is 11.1. The van der Waals surface area contributed by atoms with E-state index in [0.717, 1.165) is 28.5 Å². The Labute approximate surface area is 181 Å². The van der Waals surface area contributed by atoms with Gasteiger partial charge in [-0.15, -0.1) is 5.10 Å². The number of hydrogen-bond donors (Lipinski definition) is 1. The molecule has 0 atom stereocenters. The lowest BCUT2D eigenvalue weighted by Gasteiger charge is -2.07. The van der Waals surface area contributed by atoms with E-state index < -0.39 is 0 Å². The molecule has 2 aromatic carbocycles. The molecule has 4 aromatic rings. The molecule has 2 aromatic heterocycles. The second-order valence-corrected chi connectivity index (χ2v) is 7.66. The number of nitrogens with one attached hydrogen (secondary N) is 1. The number of hydrogen-bond acceptors (Lipinski definition) is 7. The molecular formula is C20H17ClN6O2S. The maximum absolute atomic E-state index is 12.4. The van der Waals surface area contributed by atoms with Crippen molar-refractivity contribution >= 4 is 34.2 Å². The molecule has 0 saturated carbocycles. The number of anilines is 1. The molecule has 0 aliphatic heterocycles. The van der Waals surface area contributed by atoms with Crippen LogP contribution in [0.5, 0.6) is 5.75 Å². The first-order valence-electron chi connectivity index (χ1n) is 8.94. The minimum atomic E-state index is -0.244. The quantitative estimate of drug-likeness (QED) is 0.496. The third-order valence-corrected chi connectivity index (χ3v) is 5.37. The van der Waals surface area contributed by atoms with Crippen LogP contribution in [0.15, 0.2) is 42.5 Å². The molecule has 0 aliphatic rings. The molecule has 30 heavy (non-hydrogen) atoms. The minimum absolute atomic E-state index is 0.244. The van der Waals surface area contributed by atoms with E-state index in [4.69, 9.17) is 16.3 Å². The van der Waals surface area contributed by atoms with Gasteiger partial charge in [0.1, 0.15) is 5.75 Å². The summed E-state index contributed by atoms with van der Waals surface area (Å²) in [5.41, 5.74) is 3.64. The SMILES string of the molecule is COc1ccc(-n2nnc(-c3nsc(NC(=O)c4ccc(C)cc4)n3)c2C)cc1Cl. The summed E-state index contributed by atoms with van der Waals surface area (Å²) in [6.45, 7) is 3.83. The summed E-state index contributed by atoms with van der Waals surface area (Å²) in [5, 5.41) is 12.0. The van der Waals surface area contributed by atoms with Gasteiger partial charge in [0.15, 0.2) is 11.5 Å². The molecule has 4 rings (SSSR count). The largest absolute Gasteiger partial charge is 0.495 e. The van der Waals surface area contributed by atoms with E-state index in [1.54, 1.807) is 36.1 Å². The third kappa shape index (κ3) is 3.89. The third-order valence-electron chi connectivity index (χ3n) is 4.45. The van der Waals surface area contributed by atoms with Crippen LogP contribution < -0.4 is 10.1 Å².